The van der Waals surface area contributed by atoms with Crippen molar-refractivity contribution < 1.29 is 9.47 Å². The number of nitrogens with zero attached hydrogens (tertiary/aromatic N) is 1. The van der Waals surface area contributed by atoms with Crippen molar-refractivity contribution in [2.45, 2.75) is 32.8 Å². The highest BCUT2D eigenvalue weighted by atomic mass is 35.5. The van der Waals surface area contributed by atoms with Gasteiger partial charge in [0.15, 0.2) is 11.5 Å². The van der Waals surface area contributed by atoms with Gasteiger partial charge >= 0.3 is 0 Å². The van der Waals surface area contributed by atoms with Crippen molar-refractivity contribution in [3.8, 4) is 22.9 Å². The number of aromatic nitrogens is 2. The van der Waals surface area contributed by atoms with E-state index in [2.05, 4.69) is 11.9 Å². The Labute approximate surface area is 205 Å². The molecule has 4 aromatic rings. The van der Waals surface area contributed by atoms with Gasteiger partial charge in [-0.2, -0.15) is 0 Å². The van der Waals surface area contributed by atoms with E-state index in [0.29, 0.717) is 38.9 Å². The number of halogens is 2. The van der Waals surface area contributed by atoms with Crippen molar-refractivity contribution >= 4 is 44.8 Å². The lowest BCUT2D eigenvalue weighted by molar-refractivity contribution is 0.285. The molecule has 2 heterocycles. The van der Waals surface area contributed by atoms with Crippen LogP contribution in [0, 0.1) is 5.92 Å². The summed E-state index contributed by atoms with van der Waals surface area (Å²) in [6, 6.07) is 10.8. The number of hydrogen-bond acceptors (Lipinski definition) is 5. The Morgan fingerprint density at radius 1 is 1.18 bits per heavy atom. The third-order valence-electron chi connectivity index (χ3n) is 6.04. The maximum absolute atomic E-state index is 13.0. The molecule has 5 nitrogen and oxygen atoms in total. The number of ether oxygens (including phenoxy) is 2. The van der Waals surface area contributed by atoms with Crippen LogP contribution in [-0.4, -0.2) is 17.1 Å². The molecule has 0 spiro atoms. The number of fused-ring (bicyclic) bond motifs is 3. The number of aryl methyl sites for hydroxylation is 1. The largest absolute Gasteiger partial charge is 0.493 e. The molecule has 0 fully saturated rings. The van der Waals surface area contributed by atoms with Crippen molar-refractivity contribution in [3.05, 3.63) is 72.8 Å². The molecule has 170 valence electrons. The van der Waals surface area contributed by atoms with Crippen LogP contribution in [0.25, 0.3) is 21.6 Å². The number of H-pyrrole nitrogens is 1. The molecule has 0 saturated carbocycles. The molecule has 8 heteroatoms. The average molecular weight is 501 g/mol. The standard InChI is InChI=1S/C25H22Cl2N2O3S/c1-13-6-8-15-21(10-13)33-25-22(15)24(30)28-23(29-25)14-7-9-19(20(11-14)31-2)32-12-16-17(26)4-3-5-18(16)27/h3-5,7,9,11,13H,6,8,10,12H2,1-2H3,(H,28,29,30). The molecule has 33 heavy (non-hydrogen) atoms. The van der Waals surface area contributed by atoms with Crippen LogP contribution in [0.2, 0.25) is 10.0 Å². The van der Waals surface area contributed by atoms with Crippen LogP contribution in [0.1, 0.15) is 29.3 Å². The molecule has 1 atom stereocenters. The summed E-state index contributed by atoms with van der Waals surface area (Å²) in [5.74, 6) is 2.22. The van der Waals surface area contributed by atoms with E-state index < -0.39 is 0 Å². The second-order valence-electron chi connectivity index (χ2n) is 8.30. The van der Waals surface area contributed by atoms with Gasteiger partial charge in [0.2, 0.25) is 0 Å². The third kappa shape index (κ3) is 4.23. The van der Waals surface area contributed by atoms with Crippen molar-refractivity contribution in [2.75, 3.05) is 7.11 Å². The number of thiophene rings is 1. The third-order valence-corrected chi connectivity index (χ3v) is 7.89. The highest BCUT2D eigenvalue weighted by Gasteiger charge is 2.23. The first kappa shape index (κ1) is 22.3. The molecular formula is C25H22Cl2N2O3S. The molecule has 0 radical (unpaired) electrons. The fourth-order valence-electron chi connectivity index (χ4n) is 4.24. The predicted octanol–water partition coefficient (Wildman–Crippen LogP) is 6.67. The zero-order valence-electron chi connectivity index (χ0n) is 18.2. The van der Waals surface area contributed by atoms with E-state index in [-0.39, 0.29) is 12.2 Å². The maximum Gasteiger partial charge on any atom is 0.260 e. The first-order chi connectivity index (χ1) is 15.9. The van der Waals surface area contributed by atoms with Gasteiger partial charge in [0.1, 0.15) is 17.3 Å². The molecule has 5 rings (SSSR count). The van der Waals surface area contributed by atoms with Gasteiger partial charge < -0.3 is 14.5 Å². The van der Waals surface area contributed by atoms with Crippen molar-refractivity contribution in [3.63, 3.8) is 0 Å². The molecule has 0 bridgehead atoms. The summed E-state index contributed by atoms with van der Waals surface area (Å²) in [6.07, 6.45) is 3.06. The number of hydrogen-bond donors (Lipinski definition) is 1. The predicted molar refractivity (Wildman–Crippen MR) is 134 cm³/mol. The van der Waals surface area contributed by atoms with E-state index in [0.717, 1.165) is 35.0 Å². The maximum atomic E-state index is 13.0. The molecule has 0 saturated heterocycles. The van der Waals surface area contributed by atoms with E-state index in [1.165, 1.54) is 10.4 Å². The minimum absolute atomic E-state index is 0.0882. The van der Waals surface area contributed by atoms with Crippen molar-refractivity contribution in [1.82, 2.24) is 9.97 Å². The van der Waals surface area contributed by atoms with Crippen LogP contribution in [-0.2, 0) is 19.4 Å². The zero-order chi connectivity index (χ0) is 23.1. The summed E-state index contributed by atoms with van der Waals surface area (Å²) in [7, 11) is 1.57. The lowest BCUT2D eigenvalue weighted by Gasteiger charge is -2.17. The number of nitrogens with one attached hydrogen (secondary N) is 1. The van der Waals surface area contributed by atoms with E-state index in [4.69, 9.17) is 37.7 Å². The van der Waals surface area contributed by atoms with Gasteiger partial charge in [-0.3, -0.25) is 4.79 Å². The van der Waals surface area contributed by atoms with E-state index >= 15 is 0 Å². The Morgan fingerprint density at radius 2 is 1.97 bits per heavy atom. The normalized spacial score (nSPS) is 15.5. The van der Waals surface area contributed by atoms with Crippen LogP contribution in [0.4, 0.5) is 0 Å². The average Bonchev–Trinajstić information content (AvgIpc) is 3.16. The second-order valence-corrected chi connectivity index (χ2v) is 10.2. The van der Waals surface area contributed by atoms with Crippen LogP contribution < -0.4 is 15.0 Å². The van der Waals surface area contributed by atoms with Crippen molar-refractivity contribution in [2.24, 2.45) is 5.92 Å². The fraction of sp³-hybridized carbons (Fsp3) is 0.280. The SMILES string of the molecule is COc1cc(-c2nc3sc4c(c3c(=O)[nH]2)CCC(C)C4)ccc1OCc1c(Cl)cccc1Cl. The van der Waals surface area contributed by atoms with Crippen LogP contribution in [0.3, 0.4) is 0 Å². The topological polar surface area (TPSA) is 64.2 Å². The first-order valence-electron chi connectivity index (χ1n) is 10.7. The molecule has 2 aromatic heterocycles. The summed E-state index contributed by atoms with van der Waals surface area (Å²) in [5, 5.41) is 1.83. The Bertz CT molecular complexity index is 1390. The second kappa shape index (κ2) is 9.01. The van der Waals surface area contributed by atoms with Crippen LogP contribution in [0.5, 0.6) is 11.5 Å². The van der Waals surface area contributed by atoms with E-state index in [9.17, 15) is 4.79 Å². The lowest BCUT2D eigenvalue weighted by Crippen LogP contribution is -2.13. The molecule has 0 amide bonds. The highest BCUT2D eigenvalue weighted by molar-refractivity contribution is 7.18. The number of benzene rings is 2. The Morgan fingerprint density at radius 3 is 2.73 bits per heavy atom. The van der Waals surface area contributed by atoms with Gasteiger partial charge in [0.05, 0.1) is 12.5 Å². The first-order valence-corrected chi connectivity index (χ1v) is 12.3. The molecule has 1 unspecified atom stereocenters. The lowest BCUT2D eigenvalue weighted by atomic mass is 9.89. The van der Waals surface area contributed by atoms with Crippen LogP contribution >= 0.6 is 34.5 Å². The molecular weight excluding hydrogens is 479 g/mol. The van der Waals surface area contributed by atoms with Gasteiger partial charge in [-0.1, -0.05) is 36.2 Å². The van der Waals surface area contributed by atoms with Gasteiger partial charge in [0, 0.05) is 26.0 Å². The van der Waals surface area contributed by atoms with Crippen molar-refractivity contribution in [1.29, 1.82) is 0 Å². The monoisotopic (exact) mass is 500 g/mol. The van der Waals surface area contributed by atoms with Gasteiger partial charge in [0.25, 0.3) is 5.56 Å². The van der Waals surface area contributed by atoms with Gasteiger partial charge in [-0.15, -0.1) is 11.3 Å². The van der Waals surface area contributed by atoms with Gasteiger partial charge in [-0.05, 0) is 61.1 Å². The van der Waals surface area contributed by atoms with E-state index in [1.54, 1.807) is 42.7 Å². The zero-order valence-corrected chi connectivity index (χ0v) is 20.5. The summed E-state index contributed by atoms with van der Waals surface area (Å²) in [6.45, 7) is 2.46. The Hall–Kier alpha value is -2.54. The number of rotatable bonds is 5. The van der Waals surface area contributed by atoms with Gasteiger partial charge in [-0.25, -0.2) is 4.98 Å². The molecule has 1 aliphatic rings. The smallest absolute Gasteiger partial charge is 0.260 e. The quantitative estimate of drug-likeness (QED) is 0.332. The molecule has 2 aromatic carbocycles. The van der Waals surface area contributed by atoms with Crippen LogP contribution in [0.15, 0.2) is 41.2 Å². The Kier molecular flexibility index (Phi) is 6.08. The molecule has 0 aliphatic heterocycles. The summed E-state index contributed by atoms with van der Waals surface area (Å²) in [4.78, 5) is 22.8. The molecule has 1 aliphatic carbocycles. The highest BCUT2D eigenvalue weighted by Crippen LogP contribution is 2.37. The minimum Gasteiger partial charge on any atom is -0.493 e. The molecule has 1 N–H and O–H groups in total. The summed E-state index contributed by atoms with van der Waals surface area (Å²) >= 11 is 14.1. The summed E-state index contributed by atoms with van der Waals surface area (Å²) < 4.78 is 11.5. The number of methoxy groups -OCH3 is 1. The van der Waals surface area contributed by atoms with E-state index in [1.807, 2.05) is 12.1 Å². The fourth-order valence-corrected chi connectivity index (χ4v) is 6.13. The Balaban J connectivity index is 1.47. The number of aromatic amines is 1. The minimum atomic E-state index is -0.0882. The summed E-state index contributed by atoms with van der Waals surface area (Å²) in [5.41, 5.74) is 2.54.